The highest BCUT2D eigenvalue weighted by Gasteiger charge is 2.31. The molecule has 1 saturated heterocycles. The summed E-state index contributed by atoms with van der Waals surface area (Å²) >= 11 is 6.16. The van der Waals surface area contributed by atoms with Gasteiger partial charge in [0.1, 0.15) is 11.5 Å². The fourth-order valence-corrected chi connectivity index (χ4v) is 3.57. The Morgan fingerprint density at radius 3 is 2.90 bits per heavy atom. The van der Waals surface area contributed by atoms with Crippen LogP contribution < -0.4 is 10.6 Å². The topological polar surface area (TPSA) is 108 Å². The van der Waals surface area contributed by atoms with Gasteiger partial charge in [0.25, 0.3) is 5.91 Å². The van der Waals surface area contributed by atoms with E-state index in [0.717, 1.165) is 16.5 Å². The number of imidazole rings is 1. The van der Waals surface area contributed by atoms with Crippen LogP contribution in [0.1, 0.15) is 21.9 Å². The third kappa shape index (κ3) is 3.63. The summed E-state index contributed by atoms with van der Waals surface area (Å²) < 4.78 is 1.74. The Bertz CT molecular complexity index is 1140. The molecule has 1 aromatic carbocycles. The molecule has 9 nitrogen and oxygen atoms in total. The van der Waals surface area contributed by atoms with Gasteiger partial charge in [-0.25, -0.2) is 4.98 Å². The smallest absolute Gasteiger partial charge is 0.269 e. The molecule has 3 heterocycles. The van der Waals surface area contributed by atoms with E-state index in [1.54, 1.807) is 22.7 Å². The number of hydrogen-bond acceptors (Lipinski definition) is 5. The van der Waals surface area contributed by atoms with E-state index < -0.39 is 0 Å². The van der Waals surface area contributed by atoms with Crippen molar-refractivity contribution in [2.45, 2.75) is 19.5 Å². The summed E-state index contributed by atoms with van der Waals surface area (Å²) in [7, 11) is 1.79. The van der Waals surface area contributed by atoms with Gasteiger partial charge in [-0.3, -0.25) is 14.7 Å². The summed E-state index contributed by atoms with van der Waals surface area (Å²) in [6, 6.07) is 3.75. The lowest BCUT2D eigenvalue weighted by atomic mass is 10.1. The molecule has 1 aliphatic heterocycles. The molecule has 0 bridgehead atoms. The highest BCUT2D eigenvalue weighted by atomic mass is 35.5. The van der Waals surface area contributed by atoms with Crippen molar-refractivity contribution in [3.8, 4) is 0 Å². The number of aromatic amines is 1. The molecule has 2 amide bonds. The van der Waals surface area contributed by atoms with E-state index in [4.69, 9.17) is 11.6 Å². The van der Waals surface area contributed by atoms with Gasteiger partial charge in [-0.05, 0) is 30.7 Å². The number of nitrogens with one attached hydrogen (secondary N) is 3. The minimum Gasteiger partial charge on any atom is -0.361 e. The first-order valence-electron chi connectivity index (χ1n) is 9.48. The number of nitrogens with zero attached hydrogens (tertiary/aromatic N) is 4. The number of aromatic nitrogens is 4. The third-order valence-corrected chi connectivity index (χ3v) is 5.68. The molecule has 10 heteroatoms. The van der Waals surface area contributed by atoms with Crippen LogP contribution in [0, 0.1) is 6.92 Å². The standard InChI is InChI=1S/C20H22ClN7O2/c1-4-18(29)28-9-12(10-28)24-20(30)16-7-22-17(27(16)3)8-23-19-13-5-11(2)14(21)6-15(13)25-26-19/h4-7,12H,1,8-10H2,2-3H3,(H,24,30)(H2,23,25,26). The number of carbonyl (C=O) groups is 2. The molecular formula is C20H22ClN7O2. The first kappa shape index (κ1) is 20.0. The molecule has 156 valence electrons. The van der Waals surface area contributed by atoms with Gasteiger partial charge >= 0.3 is 0 Å². The molecular weight excluding hydrogens is 406 g/mol. The Kier molecular flexibility index (Phi) is 5.21. The number of carbonyl (C=O) groups excluding carboxylic acids is 2. The van der Waals surface area contributed by atoms with Crippen LogP contribution in [0.2, 0.25) is 5.02 Å². The van der Waals surface area contributed by atoms with Crippen molar-refractivity contribution < 1.29 is 9.59 Å². The summed E-state index contributed by atoms with van der Waals surface area (Å²) in [4.78, 5) is 30.0. The number of rotatable bonds is 6. The zero-order valence-electron chi connectivity index (χ0n) is 16.7. The van der Waals surface area contributed by atoms with Crippen molar-refractivity contribution >= 4 is 40.1 Å². The van der Waals surface area contributed by atoms with Crippen LogP contribution in [0.5, 0.6) is 0 Å². The predicted molar refractivity (Wildman–Crippen MR) is 114 cm³/mol. The molecule has 1 aliphatic rings. The molecule has 0 spiro atoms. The first-order valence-corrected chi connectivity index (χ1v) is 9.86. The number of H-pyrrole nitrogens is 1. The lowest BCUT2D eigenvalue weighted by Crippen LogP contribution is -2.60. The first-order chi connectivity index (χ1) is 14.4. The maximum atomic E-state index is 12.6. The molecule has 0 atom stereocenters. The van der Waals surface area contributed by atoms with Crippen LogP contribution in [-0.2, 0) is 18.4 Å². The molecule has 0 unspecified atom stereocenters. The molecule has 3 aromatic rings. The zero-order valence-corrected chi connectivity index (χ0v) is 17.5. The molecule has 0 radical (unpaired) electrons. The predicted octanol–water partition coefficient (Wildman–Crippen LogP) is 2.00. The highest BCUT2D eigenvalue weighted by Crippen LogP contribution is 2.27. The van der Waals surface area contributed by atoms with Crippen LogP contribution in [-0.4, -0.2) is 55.6 Å². The van der Waals surface area contributed by atoms with E-state index in [9.17, 15) is 9.59 Å². The Labute approximate surface area is 178 Å². The van der Waals surface area contributed by atoms with Crippen LogP contribution in [0.25, 0.3) is 10.9 Å². The fraction of sp³-hybridized carbons (Fsp3) is 0.300. The molecule has 1 fully saturated rings. The van der Waals surface area contributed by atoms with Crippen LogP contribution in [0.15, 0.2) is 31.0 Å². The maximum absolute atomic E-state index is 12.6. The van der Waals surface area contributed by atoms with Gasteiger partial charge in [0, 0.05) is 30.5 Å². The quantitative estimate of drug-likeness (QED) is 0.521. The molecule has 3 N–H and O–H groups in total. The summed E-state index contributed by atoms with van der Waals surface area (Å²) in [5.41, 5.74) is 2.27. The van der Waals surface area contributed by atoms with Crippen molar-refractivity contribution in [1.82, 2.24) is 30.0 Å². The van der Waals surface area contributed by atoms with E-state index in [1.165, 1.54) is 6.08 Å². The van der Waals surface area contributed by atoms with E-state index in [-0.39, 0.29) is 17.9 Å². The second-order valence-corrected chi connectivity index (χ2v) is 7.72. The number of aryl methyl sites for hydroxylation is 1. The Hall–Kier alpha value is -3.33. The van der Waals surface area contributed by atoms with Gasteiger partial charge in [0.2, 0.25) is 5.91 Å². The average molecular weight is 428 g/mol. The summed E-state index contributed by atoms with van der Waals surface area (Å²) in [5.74, 6) is 1.04. The van der Waals surface area contributed by atoms with Crippen LogP contribution in [0.3, 0.4) is 0 Å². The molecule has 4 rings (SSSR count). The molecule has 0 saturated carbocycles. The number of likely N-dealkylation sites (tertiary alicyclic amines) is 1. The lowest BCUT2D eigenvalue weighted by molar-refractivity contribution is -0.130. The van der Waals surface area contributed by atoms with Gasteiger partial charge in [0.15, 0.2) is 5.82 Å². The van der Waals surface area contributed by atoms with Crippen LogP contribution in [0.4, 0.5) is 5.82 Å². The lowest BCUT2D eigenvalue weighted by Gasteiger charge is -2.38. The highest BCUT2D eigenvalue weighted by molar-refractivity contribution is 6.32. The Morgan fingerprint density at radius 1 is 1.40 bits per heavy atom. The maximum Gasteiger partial charge on any atom is 0.269 e. The number of benzene rings is 1. The monoisotopic (exact) mass is 427 g/mol. The third-order valence-electron chi connectivity index (χ3n) is 5.28. The van der Waals surface area contributed by atoms with E-state index >= 15 is 0 Å². The largest absolute Gasteiger partial charge is 0.361 e. The minimum absolute atomic E-state index is 0.0663. The average Bonchev–Trinajstić information content (AvgIpc) is 3.25. The van der Waals surface area contributed by atoms with E-state index in [1.807, 2.05) is 19.1 Å². The second-order valence-electron chi connectivity index (χ2n) is 7.31. The second kappa shape index (κ2) is 7.83. The zero-order chi connectivity index (χ0) is 21.4. The normalized spacial score (nSPS) is 13.9. The van der Waals surface area contributed by atoms with Crippen molar-refractivity contribution in [2.24, 2.45) is 7.05 Å². The van der Waals surface area contributed by atoms with Gasteiger partial charge < -0.3 is 20.1 Å². The van der Waals surface area contributed by atoms with Crippen molar-refractivity contribution in [3.63, 3.8) is 0 Å². The number of anilines is 1. The summed E-state index contributed by atoms with van der Waals surface area (Å²) in [5, 5.41) is 15.1. The molecule has 30 heavy (non-hydrogen) atoms. The minimum atomic E-state index is -0.220. The number of hydrogen-bond donors (Lipinski definition) is 3. The van der Waals surface area contributed by atoms with E-state index in [0.29, 0.717) is 42.0 Å². The fourth-order valence-electron chi connectivity index (χ4n) is 3.41. The number of amides is 2. The van der Waals surface area contributed by atoms with Crippen molar-refractivity contribution in [2.75, 3.05) is 18.4 Å². The molecule has 2 aromatic heterocycles. The van der Waals surface area contributed by atoms with Crippen LogP contribution >= 0.6 is 11.6 Å². The Balaban J connectivity index is 1.39. The van der Waals surface area contributed by atoms with E-state index in [2.05, 4.69) is 32.4 Å². The van der Waals surface area contributed by atoms with Gasteiger partial charge in [-0.15, -0.1) is 0 Å². The summed E-state index contributed by atoms with van der Waals surface area (Å²) in [6.07, 6.45) is 2.82. The van der Waals surface area contributed by atoms with Gasteiger partial charge in [0.05, 0.1) is 24.3 Å². The van der Waals surface area contributed by atoms with Crippen molar-refractivity contribution in [1.29, 1.82) is 0 Å². The molecule has 0 aliphatic carbocycles. The van der Waals surface area contributed by atoms with Gasteiger partial charge in [-0.1, -0.05) is 18.2 Å². The van der Waals surface area contributed by atoms with Gasteiger partial charge in [-0.2, -0.15) is 5.10 Å². The van der Waals surface area contributed by atoms with Crippen molar-refractivity contribution in [3.05, 3.63) is 53.1 Å². The summed E-state index contributed by atoms with van der Waals surface area (Å²) in [6.45, 7) is 6.77. The number of fused-ring (bicyclic) bond motifs is 1. The SMILES string of the molecule is C=CC(=O)N1CC(NC(=O)c2cnc(CNc3n[nH]c4cc(Cl)c(C)cc34)n2C)C1. The Morgan fingerprint density at radius 2 is 2.17 bits per heavy atom. The number of halogens is 1.